The van der Waals surface area contributed by atoms with Gasteiger partial charge in [0, 0.05) is 18.1 Å². The number of amides is 2. The highest BCUT2D eigenvalue weighted by Crippen LogP contribution is 2.18. The highest BCUT2D eigenvalue weighted by molar-refractivity contribution is 6.30. The summed E-state index contributed by atoms with van der Waals surface area (Å²) in [5.41, 5.74) is 2.09. The number of nitrogens with zero attached hydrogens (tertiary/aromatic N) is 1. The molecule has 1 atom stereocenters. The van der Waals surface area contributed by atoms with Crippen molar-refractivity contribution in [1.82, 2.24) is 10.2 Å². The van der Waals surface area contributed by atoms with E-state index < -0.39 is 6.04 Å². The monoisotopic (exact) mass is 416 g/mol. The summed E-state index contributed by atoms with van der Waals surface area (Å²) in [4.78, 5) is 27.1. The maximum atomic E-state index is 12.9. The summed E-state index contributed by atoms with van der Waals surface area (Å²) < 4.78 is 5.61. The fourth-order valence-corrected chi connectivity index (χ4v) is 2.89. The molecule has 0 spiro atoms. The molecule has 0 unspecified atom stereocenters. The van der Waals surface area contributed by atoms with Gasteiger partial charge in [-0.05, 0) is 43.5 Å². The quantitative estimate of drug-likeness (QED) is 0.665. The number of aryl methyl sites for hydroxylation is 1. The Labute approximate surface area is 178 Å². The third-order valence-electron chi connectivity index (χ3n) is 4.48. The first-order valence-corrected chi connectivity index (χ1v) is 10.1. The van der Waals surface area contributed by atoms with E-state index in [1.807, 2.05) is 45.0 Å². The molecule has 2 aromatic carbocycles. The zero-order valence-corrected chi connectivity index (χ0v) is 18.2. The van der Waals surface area contributed by atoms with Gasteiger partial charge in [0.1, 0.15) is 11.8 Å². The number of rotatable bonds is 9. The molecule has 6 heteroatoms. The second-order valence-corrected chi connectivity index (χ2v) is 8.00. The maximum absolute atomic E-state index is 12.9. The minimum atomic E-state index is -0.620. The van der Waals surface area contributed by atoms with Crippen molar-refractivity contribution in [1.29, 1.82) is 0 Å². The van der Waals surface area contributed by atoms with Gasteiger partial charge in [0.25, 0.3) is 5.91 Å². The molecule has 0 aliphatic carbocycles. The summed E-state index contributed by atoms with van der Waals surface area (Å²) in [6.07, 6.45) is 0. The van der Waals surface area contributed by atoms with Gasteiger partial charge in [0.05, 0.1) is 0 Å². The summed E-state index contributed by atoms with van der Waals surface area (Å²) in [6.45, 7) is 8.52. The fraction of sp³-hybridized carbons (Fsp3) is 0.391. The van der Waals surface area contributed by atoms with Crippen LogP contribution in [0.1, 0.15) is 31.9 Å². The van der Waals surface area contributed by atoms with Crippen LogP contribution in [0.25, 0.3) is 0 Å². The Morgan fingerprint density at radius 2 is 1.79 bits per heavy atom. The Balaban J connectivity index is 2.12. The molecular formula is C23H29ClN2O3. The largest absolute Gasteiger partial charge is 0.484 e. The predicted octanol–water partition coefficient (Wildman–Crippen LogP) is 4.22. The first-order valence-electron chi connectivity index (χ1n) is 9.77. The Kier molecular flexibility index (Phi) is 8.52. The average Bonchev–Trinajstić information content (AvgIpc) is 2.69. The molecule has 2 aromatic rings. The summed E-state index contributed by atoms with van der Waals surface area (Å²) in [5, 5.41) is 3.44. The Hall–Kier alpha value is -2.53. The van der Waals surface area contributed by atoms with Gasteiger partial charge in [0.2, 0.25) is 5.91 Å². The second kappa shape index (κ2) is 10.9. The molecule has 2 rings (SSSR count). The van der Waals surface area contributed by atoms with Gasteiger partial charge < -0.3 is 15.0 Å². The van der Waals surface area contributed by atoms with Crippen LogP contribution in [0.3, 0.4) is 0 Å². The zero-order chi connectivity index (χ0) is 21.4. The molecule has 0 radical (unpaired) electrons. The van der Waals surface area contributed by atoms with Crippen molar-refractivity contribution in [2.45, 2.75) is 40.3 Å². The van der Waals surface area contributed by atoms with E-state index in [-0.39, 0.29) is 18.4 Å². The number of nitrogens with one attached hydrogen (secondary N) is 1. The third kappa shape index (κ3) is 7.42. The summed E-state index contributed by atoms with van der Waals surface area (Å²) in [7, 11) is 0. The number of ether oxygens (including phenoxy) is 1. The van der Waals surface area contributed by atoms with Crippen LogP contribution in [-0.2, 0) is 16.1 Å². The average molecular weight is 417 g/mol. The van der Waals surface area contributed by atoms with Crippen molar-refractivity contribution in [2.24, 2.45) is 5.92 Å². The molecular weight excluding hydrogens is 388 g/mol. The number of carbonyl (C=O) groups is 2. The number of carbonyl (C=O) groups excluding carboxylic acids is 2. The van der Waals surface area contributed by atoms with Gasteiger partial charge in [-0.15, -0.1) is 0 Å². The number of halogens is 1. The van der Waals surface area contributed by atoms with Crippen LogP contribution in [0.5, 0.6) is 5.75 Å². The van der Waals surface area contributed by atoms with E-state index in [2.05, 4.69) is 5.32 Å². The van der Waals surface area contributed by atoms with Gasteiger partial charge in [-0.3, -0.25) is 9.59 Å². The van der Waals surface area contributed by atoms with E-state index in [9.17, 15) is 9.59 Å². The summed E-state index contributed by atoms with van der Waals surface area (Å²) >= 11 is 5.97. The Morgan fingerprint density at radius 1 is 1.10 bits per heavy atom. The molecule has 0 aliphatic heterocycles. The Morgan fingerprint density at radius 3 is 2.41 bits per heavy atom. The first kappa shape index (κ1) is 22.8. The molecule has 0 fully saturated rings. The fourth-order valence-electron chi connectivity index (χ4n) is 2.71. The molecule has 0 aliphatic rings. The molecule has 1 N–H and O–H groups in total. The van der Waals surface area contributed by atoms with Crippen molar-refractivity contribution in [3.05, 3.63) is 64.7 Å². The maximum Gasteiger partial charge on any atom is 0.261 e. The van der Waals surface area contributed by atoms with Crippen LogP contribution >= 0.6 is 11.6 Å². The molecule has 0 heterocycles. The van der Waals surface area contributed by atoms with Gasteiger partial charge in [0.15, 0.2) is 6.61 Å². The Bertz CT molecular complexity index is 821. The number of hydrogen-bond donors (Lipinski definition) is 1. The van der Waals surface area contributed by atoms with Crippen molar-refractivity contribution in [3.8, 4) is 5.75 Å². The lowest BCUT2D eigenvalue weighted by Crippen LogP contribution is -2.49. The lowest BCUT2D eigenvalue weighted by Gasteiger charge is -2.29. The van der Waals surface area contributed by atoms with E-state index in [1.54, 1.807) is 36.1 Å². The normalized spacial score (nSPS) is 11.8. The van der Waals surface area contributed by atoms with Crippen LogP contribution in [-0.4, -0.2) is 35.9 Å². The van der Waals surface area contributed by atoms with Crippen molar-refractivity contribution in [3.63, 3.8) is 0 Å². The van der Waals surface area contributed by atoms with Crippen LogP contribution in [0.2, 0.25) is 5.02 Å². The predicted molar refractivity (Wildman–Crippen MR) is 116 cm³/mol. The standard InChI is InChI=1S/C23H29ClN2O3/c1-16(2)13-25-23(28)18(4)26(14-19-10-8-17(3)9-11-19)22(27)15-29-21-7-5-6-20(24)12-21/h5-12,16,18H,13-15H2,1-4H3,(H,25,28)/t18-/m0/s1. The highest BCUT2D eigenvalue weighted by atomic mass is 35.5. The molecule has 0 saturated heterocycles. The minimum absolute atomic E-state index is 0.173. The topological polar surface area (TPSA) is 58.6 Å². The zero-order valence-electron chi connectivity index (χ0n) is 17.4. The summed E-state index contributed by atoms with van der Waals surface area (Å²) in [6, 6.07) is 14.2. The molecule has 5 nitrogen and oxygen atoms in total. The van der Waals surface area contributed by atoms with Gasteiger partial charge in [-0.1, -0.05) is 61.3 Å². The van der Waals surface area contributed by atoms with E-state index in [1.165, 1.54) is 0 Å². The third-order valence-corrected chi connectivity index (χ3v) is 4.72. The van der Waals surface area contributed by atoms with Crippen LogP contribution in [0.15, 0.2) is 48.5 Å². The first-order chi connectivity index (χ1) is 13.8. The molecule has 29 heavy (non-hydrogen) atoms. The van der Waals surface area contributed by atoms with Crippen LogP contribution < -0.4 is 10.1 Å². The molecule has 0 saturated carbocycles. The molecule has 2 amide bonds. The lowest BCUT2D eigenvalue weighted by atomic mass is 10.1. The summed E-state index contributed by atoms with van der Waals surface area (Å²) in [5.74, 6) is 0.399. The highest BCUT2D eigenvalue weighted by Gasteiger charge is 2.26. The van der Waals surface area contributed by atoms with Crippen LogP contribution in [0, 0.1) is 12.8 Å². The number of benzene rings is 2. The SMILES string of the molecule is Cc1ccc(CN(C(=O)COc2cccc(Cl)c2)[C@@H](C)C(=O)NCC(C)C)cc1. The van der Waals surface area contributed by atoms with Gasteiger partial charge >= 0.3 is 0 Å². The molecule has 0 aromatic heterocycles. The van der Waals surface area contributed by atoms with E-state index in [0.717, 1.165) is 11.1 Å². The van der Waals surface area contributed by atoms with E-state index in [0.29, 0.717) is 29.8 Å². The van der Waals surface area contributed by atoms with Crippen LogP contribution in [0.4, 0.5) is 0 Å². The van der Waals surface area contributed by atoms with E-state index >= 15 is 0 Å². The van der Waals surface area contributed by atoms with Gasteiger partial charge in [-0.25, -0.2) is 0 Å². The minimum Gasteiger partial charge on any atom is -0.484 e. The van der Waals surface area contributed by atoms with Gasteiger partial charge in [-0.2, -0.15) is 0 Å². The molecule has 156 valence electrons. The van der Waals surface area contributed by atoms with Crippen molar-refractivity contribution < 1.29 is 14.3 Å². The van der Waals surface area contributed by atoms with Crippen molar-refractivity contribution >= 4 is 23.4 Å². The van der Waals surface area contributed by atoms with E-state index in [4.69, 9.17) is 16.3 Å². The number of hydrogen-bond acceptors (Lipinski definition) is 3. The van der Waals surface area contributed by atoms with Crippen molar-refractivity contribution in [2.75, 3.05) is 13.2 Å². The second-order valence-electron chi connectivity index (χ2n) is 7.57. The molecule has 0 bridgehead atoms. The lowest BCUT2D eigenvalue weighted by molar-refractivity contribution is -0.142. The smallest absolute Gasteiger partial charge is 0.261 e.